The van der Waals surface area contributed by atoms with E-state index in [0.717, 1.165) is 11.8 Å². The molecule has 2 nitrogen and oxygen atoms in total. The molecule has 0 spiro atoms. The second-order valence-electron chi connectivity index (χ2n) is 4.40. The molecule has 1 rings (SSSR count). The van der Waals surface area contributed by atoms with Crippen LogP contribution in [-0.2, 0) is 5.75 Å². The Morgan fingerprint density at radius 3 is 2.35 bits per heavy atom. The van der Waals surface area contributed by atoms with Crippen molar-refractivity contribution in [1.29, 1.82) is 5.41 Å². The lowest BCUT2D eigenvalue weighted by Crippen LogP contribution is -2.21. The van der Waals surface area contributed by atoms with Gasteiger partial charge in [-0.2, -0.15) is 0 Å². The van der Waals surface area contributed by atoms with Crippen molar-refractivity contribution in [2.24, 2.45) is 0 Å². The highest BCUT2D eigenvalue weighted by atomic mass is 32.2. The van der Waals surface area contributed by atoms with Crippen LogP contribution in [0, 0.1) is 17.0 Å². The molecule has 0 heterocycles. The van der Waals surface area contributed by atoms with Gasteiger partial charge in [0.2, 0.25) is 0 Å². The highest BCUT2D eigenvalue weighted by Gasteiger charge is 2.17. The molecule has 0 bridgehead atoms. The van der Waals surface area contributed by atoms with Crippen LogP contribution < -0.4 is 0 Å². The first-order valence-corrected chi connectivity index (χ1v) is 6.13. The topological polar surface area (TPSA) is 44.1 Å². The van der Waals surface area contributed by atoms with Gasteiger partial charge in [-0.15, -0.1) is 11.8 Å². The molecule has 0 saturated heterocycles. The Bertz CT molecular complexity index is 395. The molecule has 0 atom stereocenters. The Morgan fingerprint density at radius 1 is 1.35 bits per heavy atom. The summed E-state index contributed by atoms with van der Waals surface area (Å²) in [6, 6.07) is 3.69. The van der Waals surface area contributed by atoms with Gasteiger partial charge in [0.15, 0.2) is 0 Å². The molecule has 17 heavy (non-hydrogen) atoms. The Balaban J connectivity index is 2.59. The molecule has 0 aliphatic heterocycles. The summed E-state index contributed by atoms with van der Waals surface area (Å²) in [5, 5.41) is 17.3. The van der Waals surface area contributed by atoms with E-state index >= 15 is 0 Å². The molecule has 1 aromatic carbocycles. The van der Waals surface area contributed by atoms with Crippen molar-refractivity contribution < 1.29 is 13.9 Å². The van der Waals surface area contributed by atoms with Gasteiger partial charge >= 0.3 is 0 Å². The van der Waals surface area contributed by atoms with E-state index in [9.17, 15) is 13.9 Å². The summed E-state index contributed by atoms with van der Waals surface area (Å²) in [6.07, 6.45) is 0.174. The Kier molecular flexibility index (Phi) is 4.65. The third-order valence-electron chi connectivity index (χ3n) is 2.05. The summed E-state index contributed by atoms with van der Waals surface area (Å²) in [5.41, 5.74) is -1.00. The number of nitrogens with one attached hydrogen (secondary N) is 1. The van der Waals surface area contributed by atoms with Crippen LogP contribution in [0.1, 0.15) is 25.8 Å². The average molecular weight is 259 g/mol. The minimum atomic E-state index is -0.974. The number of thioether (sulfide) groups is 1. The molecule has 0 radical (unpaired) electrons. The molecule has 0 saturated carbocycles. The van der Waals surface area contributed by atoms with E-state index in [0.29, 0.717) is 0 Å². The van der Waals surface area contributed by atoms with Gasteiger partial charge in [0.25, 0.3) is 0 Å². The molecular weight excluding hydrogens is 244 g/mol. The van der Waals surface area contributed by atoms with E-state index in [2.05, 4.69) is 0 Å². The van der Waals surface area contributed by atoms with Gasteiger partial charge in [0.05, 0.1) is 10.6 Å². The van der Waals surface area contributed by atoms with E-state index in [-0.39, 0.29) is 22.8 Å². The van der Waals surface area contributed by atoms with Crippen LogP contribution in [-0.4, -0.2) is 15.8 Å². The summed E-state index contributed by atoms with van der Waals surface area (Å²) >= 11 is 1.03. The second-order valence-corrected chi connectivity index (χ2v) is 5.47. The molecule has 0 fully saturated rings. The summed E-state index contributed by atoms with van der Waals surface area (Å²) in [5.74, 6) is -1.14. The summed E-state index contributed by atoms with van der Waals surface area (Å²) in [4.78, 5) is 0. The summed E-state index contributed by atoms with van der Waals surface area (Å²) in [6.45, 7) is 3.18. The monoisotopic (exact) mass is 259 g/mol. The van der Waals surface area contributed by atoms with E-state index in [4.69, 9.17) is 5.41 Å². The van der Waals surface area contributed by atoms with Crippen LogP contribution in [0.4, 0.5) is 8.78 Å². The Hall–Kier alpha value is -0.940. The summed E-state index contributed by atoms with van der Waals surface area (Å²) < 4.78 is 26.5. The van der Waals surface area contributed by atoms with E-state index < -0.39 is 17.2 Å². The molecule has 0 aromatic heterocycles. The second kappa shape index (κ2) is 5.60. The van der Waals surface area contributed by atoms with Crippen LogP contribution in [0.5, 0.6) is 0 Å². The molecule has 1 aromatic rings. The molecule has 94 valence electrons. The number of benzene rings is 1. The zero-order valence-corrected chi connectivity index (χ0v) is 10.6. The molecule has 0 aliphatic carbocycles. The lowest BCUT2D eigenvalue weighted by atomic mass is 10.1. The van der Waals surface area contributed by atoms with Gasteiger partial charge in [0.1, 0.15) is 11.6 Å². The van der Waals surface area contributed by atoms with Gasteiger partial charge < -0.3 is 5.11 Å². The number of rotatable bonds is 4. The fraction of sp³-hybridized carbons (Fsp3) is 0.417. The number of hydrogen-bond acceptors (Lipinski definition) is 3. The molecular formula is C12H15F2NOS. The predicted molar refractivity (Wildman–Crippen MR) is 66.3 cm³/mol. The van der Waals surface area contributed by atoms with E-state index in [1.165, 1.54) is 18.2 Å². The van der Waals surface area contributed by atoms with Crippen LogP contribution in [0.2, 0.25) is 0 Å². The predicted octanol–water partition coefficient (Wildman–Crippen LogP) is 3.34. The first-order valence-electron chi connectivity index (χ1n) is 5.15. The highest BCUT2D eigenvalue weighted by molar-refractivity contribution is 8.13. The zero-order valence-electron chi connectivity index (χ0n) is 9.76. The van der Waals surface area contributed by atoms with Crippen molar-refractivity contribution in [1.82, 2.24) is 0 Å². The smallest absolute Gasteiger partial charge is 0.130 e. The van der Waals surface area contributed by atoms with Crippen LogP contribution in [0.25, 0.3) is 0 Å². The normalized spacial score (nSPS) is 11.6. The third kappa shape index (κ3) is 4.83. The van der Waals surface area contributed by atoms with Crippen LogP contribution >= 0.6 is 11.8 Å². The van der Waals surface area contributed by atoms with Crippen molar-refractivity contribution in [3.63, 3.8) is 0 Å². The average Bonchev–Trinajstić information content (AvgIpc) is 2.14. The van der Waals surface area contributed by atoms with Gasteiger partial charge in [0, 0.05) is 17.7 Å². The molecule has 0 aliphatic rings. The first-order chi connectivity index (χ1) is 7.79. The minimum Gasteiger partial charge on any atom is -0.390 e. The number of hydrogen-bond donors (Lipinski definition) is 2. The van der Waals surface area contributed by atoms with Crippen molar-refractivity contribution in [2.45, 2.75) is 31.6 Å². The third-order valence-corrected chi connectivity index (χ3v) is 2.97. The van der Waals surface area contributed by atoms with Crippen molar-refractivity contribution in [3.8, 4) is 0 Å². The lowest BCUT2D eigenvalue weighted by Gasteiger charge is -2.17. The van der Waals surface area contributed by atoms with Gasteiger partial charge in [-0.25, -0.2) is 8.78 Å². The van der Waals surface area contributed by atoms with Crippen LogP contribution in [0.15, 0.2) is 18.2 Å². The van der Waals surface area contributed by atoms with Crippen molar-refractivity contribution in [2.75, 3.05) is 0 Å². The molecule has 5 heteroatoms. The van der Waals surface area contributed by atoms with E-state index in [1.807, 2.05) is 0 Å². The quantitative estimate of drug-likeness (QED) is 0.643. The Morgan fingerprint density at radius 2 is 1.88 bits per heavy atom. The van der Waals surface area contributed by atoms with Gasteiger partial charge in [-0.05, 0) is 26.0 Å². The maximum Gasteiger partial charge on any atom is 0.130 e. The first kappa shape index (κ1) is 14.1. The maximum atomic E-state index is 13.3. The standard InChI is InChI=1S/C12H15F2NOS/c1-12(2,16)6-11(15)17-7-8-9(13)4-3-5-10(8)14/h3-5,15-16H,6-7H2,1-2H3. The summed E-state index contributed by atoms with van der Waals surface area (Å²) in [7, 11) is 0. The molecule has 0 unspecified atom stereocenters. The zero-order chi connectivity index (χ0) is 13.1. The lowest BCUT2D eigenvalue weighted by molar-refractivity contribution is 0.0892. The van der Waals surface area contributed by atoms with Crippen LogP contribution in [0.3, 0.4) is 0 Å². The number of aliphatic hydroxyl groups is 1. The minimum absolute atomic E-state index is 0.0296. The Labute approximate surface area is 104 Å². The maximum absolute atomic E-state index is 13.3. The molecule has 2 N–H and O–H groups in total. The fourth-order valence-corrected chi connectivity index (χ4v) is 2.32. The van der Waals surface area contributed by atoms with Crippen molar-refractivity contribution >= 4 is 16.8 Å². The SMILES string of the molecule is CC(C)(O)CC(=N)SCc1c(F)cccc1F. The van der Waals surface area contributed by atoms with Crippen molar-refractivity contribution in [3.05, 3.63) is 35.4 Å². The highest BCUT2D eigenvalue weighted by Crippen LogP contribution is 2.22. The van der Waals surface area contributed by atoms with Gasteiger partial charge in [-0.1, -0.05) is 6.07 Å². The molecule has 0 amide bonds. The largest absolute Gasteiger partial charge is 0.390 e. The fourth-order valence-electron chi connectivity index (χ4n) is 1.27. The van der Waals surface area contributed by atoms with E-state index in [1.54, 1.807) is 13.8 Å². The van der Waals surface area contributed by atoms with Gasteiger partial charge in [-0.3, -0.25) is 5.41 Å². The number of halogens is 2.